The molecule has 0 heterocycles. The van der Waals surface area contributed by atoms with Gasteiger partial charge in [0.2, 0.25) is 0 Å². The number of carbonyl (C=O) groups excluding carboxylic acids is 1. The van der Waals surface area contributed by atoms with Gasteiger partial charge in [-0.3, -0.25) is 4.79 Å². The summed E-state index contributed by atoms with van der Waals surface area (Å²) >= 11 is 0. The first-order valence-corrected chi connectivity index (χ1v) is 13.5. The van der Waals surface area contributed by atoms with E-state index in [1.54, 1.807) is 24.5 Å². The molecule has 2 unspecified atom stereocenters. The highest BCUT2D eigenvalue weighted by Gasteiger charge is 2.22. The van der Waals surface area contributed by atoms with Crippen molar-refractivity contribution in [2.45, 2.75) is 66.0 Å². The van der Waals surface area contributed by atoms with Crippen molar-refractivity contribution in [3.8, 4) is 0 Å². The summed E-state index contributed by atoms with van der Waals surface area (Å²) < 4.78 is 5.77. The topological polar surface area (TPSA) is 157 Å². The van der Waals surface area contributed by atoms with Gasteiger partial charge in [0.15, 0.2) is 0 Å². The molecule has 0 spiro atoms. The second kappa shape index (κ2) is 17.5. The summed E-state index contributed by atoms with van der Waals surface area (Å²) in [7, 11) is 0. The number of hydrogen-bond donors (Lipinski definition) is 7. The van der Waals surface area contributed by atoms with Gasteiger partial charge in [0.25, 0.3) is 5.91 Å². The number of rotatable bonds is 19. The molecule has 38 heavy (non-hydrogen) atoms. The minimum absolute atomic E-state index is 0.0398. The lowest BCUT2D eigenvalue weighted by Gasteiger charge is -2.28. The van der Waals surface area contributed by atoms with Crippen LogP contribution in [-0.4, -0.2) is 62.0 Å². The number of nitrogens with one attached hydrogen (secondary N) is 5. The van der Waals surface area contributed by atoms with Crippen LogP contribution in [-0.2, 0) is 4.74 Å². The number of aliphatic hydroxyl groups is 1. The predicted octanol–water partition coefficient (Wildman–Crippen LogP) is 3.40. The van der Waals surface area contributed by atoms with Crippen LogP contribution in [0.4, 0.5) is 0 Å². The van der Waals surface area contributed by atoms with E-state index in [0.29, 0.717) is 59.7 Å². The van der Waals surface area contributed by atoms with Crippen molar-refractivity contribution < 1.29 is 14.6 Å². The third-order valence-electron chi connectivity index (χ3n) is 6.33. The van der Waals surface area contributed by atoms with Gasteiger partial charge in [0.05, 0.1) is 24.5 Å². The standard InChI is InChI=1S/C28H49N7O3/c1-7-21(5)16-31-18-26(35-30)23-13-22(14-24(15-23)27(37)34-10-9-33-20(3)4)25(29)17-32-19-28(6,8-2)38-12-11-36/h13-15,17-18,20-21,30-33,36H,7-12,16,19,29H2,1-6H3,(H,34,37)/b25-17-,26-18-,35-30?. The van der Waals surface area contributed by atoms with Crippen molar-refractivity contribution in [3.63, 3.8) is 0 Å². The summed E-state index contributed by atoms with van der Waals surface area (Å²) in [4.78, 5) is 13.0. The summed E-state index contributed by atoms with van der Waals surface area (Å²) in [6, 6.07) is 5.61. The van der Waals surface area contributed by atoms with Crippen LogP contribution in [0.2, 0.25) is 0 Å². The van der Waals surface area contributed by atoms with E-state index in [0.717, 1.165) is 19.4 Å². The zero-order valence-corrected chi connectivity index (χ0v) is 24.0. The molecule has 0 aliphatic carbocycles. The van der Waals surface area contributed by atoms with Crippen molar-refractivity contribution in [1.29, 1.82) is 5.53 Å². The molecule has 1 rings (SSSR count). The van der Waals surface area contributed by atoms with E-state index in [1.807, 2.05) is 19.9 Å². The Labute approximate surface area is 228 Å². The lowest BCUT2D eigenvalue weighted by Crippen LogP contribution is -2.39. The van der Waals surface area contributed by atoms with Gasteiger partial charge in [-0.25, -0.2) is 5.53 Å². The molecule has 0 radical (unpaired) electrons. The van der Waals surface area contributed by atoms with Crippen LogP contribution in [0, 0.1) is 11.4 Å². The fraction of sp³-hybridized carbons (Fsp3) is 0.607. The van der Waals surface area contributed by atoms with Gasteiger partial charge < -0.3 is 36.8 Å². The van der Waals surface area contributed by atoms with Crippen LogP contribution < -0.4 is 27.0 Å². The Balaban J connectivity index is 3.23. The van der Waals surface area contributed by atoms with Crippen LogP contribution in [0.5, 0.6) is 0 Å². The first kappa shape index (κ1) is 33.1. The monoisotopic (exact) mass is 531 g/mol. The summed E-state index contributed by atoms with van der Waals surface area (Å²) in [5.41, 5.74) is 16.2. The van der Waals surface area contributed by atoms with Gasteiger partial charge in [-0.1, -0.05) is 41.0 Å². The molecular weight excluding hydrogens is 482 g/mol. The smallest absolute Gasteiger partial charge is 0.251 e. The second-order valence-corrected chi connectivity index (χ2v) is 10.1. The Bertz CT molecular complexity index is 933. The Morgan fingerprint density at radius 2 is 1.82 bits per heavy atom. The number of hydrogen-bond acceptors (Lipinski definition) is 9. The highest BCUT2D eigenvalue weighted by Crippen LogP contribution is 2.22. The molecule has 0 bridgehead atoms. The van der Waals surface area contributed by atoms with Gasteiger partial charge in [-0.2, -0.15) is 5.11 Å². The number of nitrogens with two attached hydrogens (primary N) is 1. The van der Waals surface area contributed by atoms with Crippen molar-refractivity contribution in [2.24, 2.45) is 16.8 Å². The SMILES string of the molecule is CCC(C)CN/C=C(\N=N)c1cc(C(=O)NCCNC(C)C)cc(/C(N)=C/NCC(C)(CC)OCCO)c1. The Kier molecular flexibility index (Phi) is 15.3. The molecule has 0 aromatic heterocycles. The maximum absolute atomic E-state index is 13.0. The number of benzene rings is 1. The van der Waals surface area contributed by atoms with E-state index < -0.39 is 5.60 Å². The Morgan fingerprint density at radius 1 is 1.13 bits per heavy atom. The number of ether oxygens (including phenoxy) is 1. The van der Waals surface area contributed by atoms with Crippen molar-refractivity contribution in [1.82, 2.24) is 21.3 Å². The third kappa shape index (κ3) is 12.1. The van der Waals surface area contributed by atoms with Crippen molar-refractivity contribution in [2.75, 3.05) is 39.4 Å². The van der Waals surface area contributed by atoms with E-state index in [9.17, 15) is 4.79 Å². The second-order valence-electron chi connectivity index (χ2n) is 10.1. The molecule has 0 saturated carbocycles. The zero-order chi connectivity index (χ0) is 28.6. The maximum Gasteiger partial charge on any atom is 0.251 e. The van der Waals surface area contributed by atoms with Gasteiger partial charge in [-0.05, 0) is 37.5 Å². The van der Waals surface area contributed by atoms with E-state index >= 15 is 0 Å². The van der Waals surface area contributed by atoms with Crippen LogP contribution in [0.25, 0.3) is 11.4 Å². The Hall–Kier alpha value is -2.95. The summed E-state index contributed by atoms with van der Waals surface area (Å²) in [6.07, 6.45) is 5.18. The molecule has 0 aliphatic rings. The normalized spacial score (nSPS) is 14.6. The third-order valence-corrected chi connectivity index (χ3v) is 6.33. The molecule has 1 aromatic rings. The molecule has 1 aromatic carbocycles. The van der Waals surface area contributed by atoms with E-state index in [-0.39, 0.29) is 19.1 Å². The number of carbonyl (C=O) groups is 1. The molecule has 2 atom stereocenters. The lowest BCUT2D eigenvalue weighted by atomic mass is 10.0. The number of nitrogens with zero attached hydrogens (tertiary/aromatic N) is 1. The summed E-state index contributed by atoms with van der Waals surface area (Å²) in [5.74, 6) is 0.248. The highest BCUT2D eigenvalue weighted by atomic mass is 16.5. The molecule has 1 amide bonds. The predicted molar refractivity (Wildman–Crippen MR) is 154 cm³/mol. The zero-order valence-electron chi connectivity index (χ0n) is 24.0. The van der Waals surface area contributed by atoms with Crippen LogP contribution in [0.15, 0.2) is 35.7 Å². The molecule has 214 valence electrons. The van der Waals surface area contributed by atoms with Crippen molar-refractivity contribution >= 4 is 17.3 Å². The summed E-state index contributed by atoms with van der Waals surface area (Å²) in [5, 5.41) is 25.5. The Morgan fingerprint density at radius 3 is 2.42 bits per heavy atom. The molecule has 10 heteroatoms. The quantitative estimate of drug-likeness (QED) is 0.106. The minimum Gasteiger partial charge on any atom is -0.397 e. The average molecular weight is 532 g/mol. The average Bonchev–Trinajstić information content (AvgIpc) is 2.91. The van der Waals surface area contributed by atoms with Gasteiger partial charge in [0, 0.05) is 61.3 Å². The molecule has 8 N–H and O–H groups in total. The van der Waals surface area contributed by atoms with E-state index in [2.05, 4.69) is 54.1 Å². The molecule has 0 fully saturated rings. The number of aliphatic hydroxyl groups excluding tert-OH is 1. The highest BCUT2D eigenvalue weighted by molar-refractivity contribution is 5.96. The van der Waals surface area contributed by atoms with Gasteiger partial charge in [-0.15, -0.1) is 0 Å². The summed E-state index contributed by atoms with van der Waals surface area (Å²) in [6.45, 7) is 15.0. The van der Waals surface area contributed by atoms with E-state index in [1.165, 1.54) is 0 Å². The maximum atomic E-state index is 13.0. The molecular formula is C28H49N7O3. The fourth-order valence-electron chi connectivity index (χ4n) is 3.42. The van der Waals surface area contributed by atoms with Crippen LogP contribution in [0.3, 0.4) is 0 Å². The van der Waals surface area contributed by atoms with Crippen molar-refractivity contribution in [3.05, 3.63) is 47.3 Å². The van der Waals surface area contributed by atoms with Crippen LogP contribution in [0.1, 0.15) is 75.9 Å². The first-order valence-electron chi connectivity index (χ1n) is 13.5. The molecule has 0 aliphatic heterocycles. The minimum atomic E-state index is -0.461. The lowest BCUT2D eigenvalue weighted by molar-refractivity contribution is -0.0448. The van der Waals surface area contributed by atoms with Crippen LogP contribution >= 0.6 is 0 Å². The molecule has 0 saturated heterocycles. The largest absolute Gasteiger partial charge is 0.397 e. The number of amides is 1. The first-order chi connectivity index (χ1) is 18.1. The van der Waals surface area contributed by atoms with Gasteiger partial charge >= 0.3 is 0 Å². The van der Waals surface area contributed by atoms with E-state index in [4.69, 9.17) is 21.1 Å². The molecule has 10 nitrogen and oxygen atoms in total. The fourth-order valence-corrected chi connectivity index (χ4v) is 3.42. The van der Waals surface area contributed by atoms with Gasteiger partial charge in [0.1, 0.15) is 5.70 Å².